The topological polar surface area (TPSA) is 157 Å². The molecule has 0 radical (unpaired) electrons. The van der Waals surface area contributed by atoms with Gasteiger partial charge in [-0.15, -0.1) is 0 Å². The smallest absolute Gasteiger partial charge is 0.407 e. The first-order valence-electron chi connectivity index (χ1n) is 13.5. The van der Waals surface area contributed by atoms with Crippen molar-refractivity contribution in [2.24, 2.45) is 34.2 Å². The van der Waals surface area contributed by atoms with Crippen molar-refractivity contribution in [2.45, 2.75) is 37.9 Å². The molecule has 0 saturated carbocycles. The first-order chi connectivity index (χ1) is 18.8. The molecule has 2 saturated heterocycles. The van der Waals surface area contributed by atoms with Crippen LogP contribution in [0.15, 0.2) is 59.0 Å². The number of aliphatic imine (C=N–C) groups is 1. The number of hydrogen-bond acceptors (Lipinski definition) is 9. The fourth-order valence-electron chi connectivity index (χ4n) is 5.89. The van der Waals surface area contributed by atoms with Crippen molar-refractivity contribution in [3.8, 4) is 0 Å². The SMILES string of the molecule is COC(=O)N[C@@H]1[C@H](N)CN(c2ccncc2NC(=O)C2=NC3C=C(C4CCOCC4)C=CC3C=C2N)C[C@@H]1C. The first kappa shape index (κ1) is 26.9. The van der Waals surface area contributed by atoms with Gasteiger partial charge in [-0.2, -0.15) is 0 Å². The van der Waals surface area contributed by atoms with E-state index in [9.17, 15) is 9.59 Å². The molecule has 0 aromatic carbocycles. The van der Waals surface area contributed by atoms with Gasteiger partial charge in [0.25, 0.3) is 5.91 Å². The molecule has 1 aliphatic carbocycles. The third-order valence-corrected chi connectivity index (χ3v) is 7.97. The molecule has 0 bridgehead atoms. The Hall–Kier alpha value is -3.70. The van der Waals surface area contributed by atoms with Crippen LogP contribution in [0.3, 0.4) is 0 Å². The van der Waals surface area contributed by atoms with E-state index in [0.29, 0.717) is 30.4 Å². The zero-order valence-corrected chi connectivity index (χ0v) is 22.4. The summed E-state index contributed by atoms with van der Waals surface area (Å²) >= 11 is 0. The van der Waals surface area contributed by atoms with Crippen molar-refractivity contribution in [2.75, 3.05) is 43.6 Å². The number of methoxy groups -OCH3 is 1. The second-order valence-electron chi connectivity index (χ2n) is 10.6. The van der Waals surface area contributed by atoms with Crippen LogP contribution in [0.2, 0.25) is 0 Å². The molecule has 39 heavy (non-hydrogen) atoms. The van der Waals surface area contributed by atoms with Gasteiger partial charge in [0.05, 0.1) is 42.5 Å². The number of piperidine rings is 1. The number of fused-ring (bicyclic) bond motifs is 1. The van der Waals surface area contributed by atoms with Gasteiger partial charge in [-0.3, -0.25) is 14.8 Å². The Morgan fingerprint density at radius 3 is 2.74 bits per heavy atom. The van der Waals surface area contributed by atoms with E-state index in [0.717, 1.165) is 31.7 Å². The summed E-state index contributed by atoms with van der Waals surface area (Å²) in [6.45, 7) is 4.65. The van der Waals surface area contributed by atoms with Crippen LogP contribution in [0, 0.1) is 17.8 Å². The number of nitrogens with one attached hydrogen (secondary N) is 2. The number of allylic oxidation sites excluding steroid dienone is 2. The molecule has 4 aliphatic rings. The summed E-state index contributed by atoms with van der Waals surface area (Å²) < 4.78 is 10.3. The molecule has 1 aromatic rings. The van der Waals surface area contributed by atoms with Crippen molar-refractivity contribution in [3.63, 3.8) is 0 Å². The van der Waals surface area contributed by atoms with E-state index in [1.54, 1.807) is 12.4 Å². The molecule has 1 aromatic heterocycles. The fourth-order valence-corrected chi connectivity index (χ4v) is 5.89. The first-order valence-corrected chi connectivity index (χ1v) is 13.5. The van der Waals surface area contributed by atoms with E-state index in [1.165, 1.54) is 12.7 Å². The van der Waals surface area contributed by atoms with Gasteiger partial charge in [0.1, 0.15) is 5.71 Å². The molecule has 11 nitrogen and oxygen atoms in total. The lowest BCUT2D eigenvalue weighted by molar-refractivity contribution is -0.110. The number of hydrogen-bond donors (Lipinski definition) is 4. The Balaban J connectivity index is 1.31. The highest BCUT2D eigenvalue weighted by Crippen LogP contribution is 2.33. The summed E-state index contributed by atoms with van der Waals surface area (Å²) in [4.78, 5) is 36.3. The maximum absolute atomic E-state index is 13.5. The molecule has 2 unspecified atom stereocenters. The Kier molecular flexibility index (Phi) is 7.99. The summed E-state index contributed by atoms with van der Waals surface area (Å²) in [6.07, 6.45) is 13.1. The zero-order valence-electron chi connectivity index (χ0n) is 22.4. The van der Waals surface area contributed by atoms with Gasteiger partial charge in [-0.05, 0) is 42.4 Å². The molecule has 5 atom stereocenters. The van der Waals surface area contributed by atoms with Gasteiger partial charge in [0.2, 0.25) is 0 Å². The molecule has 4 heterocycles. The van der Waals surface area contributed by atoms with Gasteiger partial charge < -0.3 is 36.5 Å². The lowest BCUT2D eigenvalue weighted by atomic mass is 9.82. The molecule has 208 valence electrons. The summed E-state index contributed by atoms with van der Waals surface area (Å²) in [5, 5.41) is 5.81. The summed E-state index contributed by atoms with van der Waals surface area (Å²) in [7, 11) is 1.33. The molecular weight excluding hydrogens is 498 g/mol. The van der Waals surface area contributed by atoms with Crippen LogP contribution in [0.5, 0.6) is 0 Å². The predicted octanol–water partition coefficient (Wildman–Crippen LogP) is 1.73. The lowest BCUT2D eigenvalue weighted by Crippen LogP contribution is -2.62. The summed E-state index contributed by atoms with van der Waals surface area (Å²) in [6, 6.07) is 1.11. The van der Waals surface area contributed by atoms with Crippen LogP contribution in [-0.2, 0) is 14.3 Å². The Morgan fingerprint density at radius 1 is 1.21 bits per heavy atom. The van der Waals surface area contributed by atoms with Gasteiger partial charge in [0, 0.05) is 44.5 Å². The monoisotopic (exact) mass is 535 g/mol. The van der Waals surface area contributed by atoms with Crippen LogP contribution >= 0.6 is 0 Å². The minimum Gasteiger partial charge on any atom is -0.453 e. The number of alkyl carbamates (subject to hydrolysis) is 1. The Morgan fingerprint density at radius 2 is 2.00 bits per heavy atom. The molecule has 6 N–H and O–H groups in total. The standard InChI is InChI=1S/C28H37N7O4/c1-16-14-35(15-21(30)25(16)34-28(37)38-2)24-5-8-31-13-23(24)33-27(36)26-20(29)11-19-4-3-18(12-22(19)32-26)17-6-9-39-10-7-17/h3-5,8,11-13,16-17,19,21-22,25H,6-7,9-10,14-15,29-30H2,1-2H3,(H,33,36)(H,34,37)/t16-,19?,21+,22?,25-/m0/s1. The van der Waals surface area contributed by atoms with Gasteiger partial charge in [-0.25, -0.2) is 4.79 Å². The largest absolute Gasteiger partial charge is 0.453 e. The van der Waals surface area contributed by atoms with Crippen LogP contribution in [0.1, 0.15) is 19.8 Å². The number of carbonyl (C=O) groups excluding carboxylic acids is 2. The van der Waals surface area contributed by atoms with E-state index >= 15 is 0 Å². The second kappa shape index (κ2) is 11.6. The highest BCUT2D eigenvalue weighted by Gasteiger charge is 2.35. The quantitative estimate of drug-likeness (QED) is 0.444. The van der Waals surface area contributed by atoms with Gasteiger partial charge >= 0.3 is 6.09 Å². The molecule has 2 fully saturated rings. The van der Waals surface area contributed by atoms with E-state index in [4.69, 9.17) is 25.9 Å². The number of anilines is 2. The highest BCUT2D eigenvalue weighted by molar-refractivity contribution is 6.49. The second-order valence-corrected chi connectivity index (χ2v) is 10.6. The lowest BCUT2D eigenvalue weighted by Gasteiger charge is -2.42. The Labute approximate surface area is 228 Å². The van der Waals surface area contributed by atoms with Crippen molar-refractivity contribution < 1.29 is 19.1 Å². The van der Waals surface area contributed by atoms with Crippen LogP contribution in [0.4, 0.5) is 16.2 Å². The van der Waals surface area contributed by atoms with Crippen molar-refractivity contribution >= 4 is 29.1 Å². The number of nitrogens with two attached hydrogens (primary N) is 2. The number of ether oxygens (including phenoxy) is 2. The van der Waals surface area contributed by atoms with Crippen molar-refractivity contribution in [1.29, 1.82) is 0 Å². The average Bonchev–Trinajstić information content (AvgIpc) is 2.94. The third kappa shape index (κ3) is 5.84. The normalized spacial score (nSPS) is 28.9. The predicted molar refractivity (Wildman–Crippen MR) is 149 cm³/mol. The number of amides is 2. The highest BCUT2D eigenvalue weighted by atomic mass is 16.5. The van der Waals surface area contributed by atoms with Gasteiger partial charge in [0.15, 0.2) is 0 Å². The van der Waals surface area contributed by atoms with Crippen LogP contribution in [-0.4, -0.2) is 74.2 Å². The maximum atomic E-state index is 13.5. The number of aromatic nitrogens is 1. The van der Waals surface area contributed by atoms with Crippen molar-refractivity contribution in [1.82, 2.24) is 10.3 Å². The fraction of sp³-hybridized carbons (Fsp3) is 0.500. The van der Waals surface area contributed by atoms with E-state index < -0.39 is 6.09 Å². The van der Waals surface area contributed by atoms with E-state index in [1.807, 2.05) is 19.1 Å². The van der Waals surface area contributed by atoms with Gasteiger partial charge in [-0.1, -0.05) is 25.2 Å². The van der Waals surface area contributed by atoms with E-state index in [-0.39, 0.29) is 41.6 Å². The third-order valence-electron chi connectivity index (χ3n) is 7.97. The number of pyridine rings is 1. The van der Waals surface area contributed by atoms with Crippen LogP contribution in [0.25, 0.3) is 0 Å². The summed E-state index contributed by atoms with van der Waals surface area (Å²) in [5.41, 5.74) is 15.9. The number of rotatable bonds is 5. The number of dihydropyridines is 1. The number of carbonyl (C=O) groups is 2. The van der Waals surface area contributed by atoms with E-state index in [2.05, 4.69) is 38.7 Å². The average molecular weight is 536 g/mol. The van der Waals surface area contributed by atoms with Crippen molar-refractivity contribution in [3.05, 3.63) is 54.0 Å². The summed E-state index contributed by atoms with van der Waals surface area (Å²) in [5.74, 6) is 0.137. The molecule has 0 spiro atoms. The molecule has 2 amide bonds. The number of nitrogens with zero attached hydrogens (tertiary/aromatic N) is 3. The minimum absolute atomic E-state index is 0.0296. The Bertz CT molecular complexity index is 1210. The zero-order chi connectivity index (χ0) is 27.5. The maximum Gasteiger partial charge on any atom is 0.407 e. The molecule has 5 rings (SSSR count). The van der Waals surface area contributed by atoms with Crippen LogP contribution < -0.4 is 27.0 Å². The molecule has 11 heteroatoms. The minimum atomic E-state index is -0.503. The molecular formula is C28H37N7O4. The molecule has 3 aliphatic heterocycles.